The summed E-state index contributed by atoms with van der Waals surface area (Å²) in [5.74, 6) is -0.287. The highest BCUT2D eigenvalue weighted by Crippen LogP contribution is 2.28. The molecule has 1 amide bonds. The topological polar surface area (TPSA) is 153 Å². The van der Waals surface area contributed by atoms with Crippen molar-refractivity contribution in [2.45, 2.75) is 59.9 Å². The number of hydrogen-bond donors (Lipinski definition) is 3. The molecule has 11 heteroatoms. The van der Waals surface area contributed by atoms with E-state index in [2.05, 4.69) is 10.5 Å². The number of amides is 1. The molecule has 34 heavy (non-hydrogen) atoms. The quantitative estimate of drug-likeness (QED) is 0.167. The Morgan fingerprint density at radius 2 is 1.88 bits per heavy atom. The zero-order valence-corrected chi connectivity index (χ0v) is 20.9. The lowest BCUT2D eigenvalue weighted by Crippen LogP contribution is -2.46. The van der Waals surface area contributed by atoms with Crippen LogP contribution < -0.4 is 10.1 Å². The number of nitro benzene ring substituents is 1. The standard InChI is InChI=1S/C23H37N3O8/c1-14(2)13-33-18-12-16(8-9-17(18)26(30)31)22(29)24-10-11-34-25-19(20(28)15(3)27)21(32-7)23(4,5)6/h8-9,12,14-15,20-21,27-28H,10-11,13H2,1-7H3,(H,24,29)/b25-19+/t15-,20+,21-/m1/s1. The van der Waals surface area contributed by atoms with E-state index in [0.29, 0.717) is 0 Å². The van der Waals surface area contributed by atoms with Gasteiger partial charge in [-0.25, -0.2) is 0 Å². The van der Waals surface area contributed by atoms with E-state index in [4.69, 9.17) is 14.3 Å². The molecule has 0 spiro atoms. The zero-order valence-electron chi connectivity index (χ0n) is 20.9. The molecule has 0 saturated heterocycles. The van der Waals surface area contributed by atoms with E-state index in [1.54, 1.807) is 0 Å². The van der Waals surface area contributed by atoms with E-state index in [1.165, 1.54) is 32.2 Å². The number of ether oxygens (including phenoxy) is 2. The first-order valence-electron chi connectivity index (χ1n) is 11.1. The van der Waals surface area contributed by atoms with Crippen molar-refractivity contribution >= 4 is 17.3 Å². The van der Waals surface area contributed by atoms with Gasteiger partial charge in [0.05, 0.1) is 24.2 Å². The molecule has 0 heterocycles. The molecule has 0 fully saturated rings. The number of benzene rings is 1. The number of nitrogens with one attached hydrogen (secondary N) is 1. The summed E-state index contributed by atoms with van der Waals surface area (Å²) in [6.45, 7) is 11.3. The molecule has 11 nitrogen and oxygen atoms in total. The van der Waals surface area contributed by atoms with Crippen LogP contribution in [0, 0.1) is 21.4 Å². The van der Waals surface area contributed by atoms with E-state index in [1.807, 2.05) is 34.6 Å². The van der Waals surface area contributed by atoms with Crippen LogP contribution in [0.1, 0.15) is 51.9 Å². The van der Waals surface area contributed by atoms with Gasteiger partial charge in [0.1, 0.15) is 24.5 Å². The lowest BCUT2D eigenvalue weighted by Gasteiger charge is -2.32. The molecular formula is C23H37N3O8. The van der Waals surface area contributed by atoms with Crippen molar-refractivity contribution in [3.05, 3.63) is 33.9 Å². The van der Waals surface area contributed by atoms with E-state index in [9.17, 15) is 25.1 Å². The molecule has 192 valence electrons. The molecule has 1 aromatic rings. The number of aliphatic hydroxyl groups excluding tert-OH is 2. The first-order valence-corrected chi connectivity index (χ1v) is 11.1. The number of aliphatic hydroxyl groups is 2. The second-order valence-corrected chi connectivity index (χ2v) is 9.42. The van der Waals surface area contributed by atoms with Crippen molar-refractivity contribution in [3.63, 3.8) is 0 Å². The molecule has 0 unspecified atom stereocenters. The Morgan fingerprint density at radius 1 is 1.24 bits per heavy atom. The summed E-state index contributed by atoms with van der Waals surface area (Å²) in [7, 11) is 1.48. The molecule has 0 bridgehead atoms. The van der Waals surface area contributed by atoms with Crippen LogP contribution >= 0.6 is 0 Å². The molecule has 3 atom stereocenters. The van der Waals surface area contributed by atoms with Crippen molar-refractivity contribution in [1.29, 1.82) is 0 Å². The van der Waals surface area contributed by atoms with Gasteiger partial charge in [0.2, 0.25) is 0 Å². The molecule has 1 aromatic carbocycles. The average Bonchev–Trinajstić information content (AvgIpc) is 2.74. The minimum absolute atomic E-state index is 0.0218. The van der Waals surface area contributed by atoms with Gasteiger partial charge < -0.3 is 29.8 Å². The molecule has 0 aliphatic heterocycles. The summed E-state index contributed by atoms with van der Waals surface area (Å²) in [6.07, 6.45) is -2.99. The Balaban J connectivity index is 2.83. The summed E-state index contributed by atoms with van der Waals surface area (Å²) >= 11 is 0. The number of carbonyl (C=O) groups is 1. The third kappa shape index (κ3) is 8.88. The monoisotopic (exact) mass is 483 g/mol. The van der Waals surface area contributed by atoms with Crippen LogP contribution in [0.3, 0.4) is 0 Å². The van der Waals surface area contributed by atoms with Crippen LogP contribution in [0.4, 0.5) is 5.69 Å². The molecular weight excluding hydrogens is 446 g/mol. The number of rotatable bonds is 13. The number of nitrogens with zero attached hydrogens (tertiary/aromatic N) is 2. The van der Waals surface area contributed by atoms with Crippen molar-refractivity contribution in [3.8, 4) is 5.75 Å². The molecule has 0 radical (unpaired) electrons. The summed E-state index contributed by atoms with van der Waals surface area (Å²) < 4.78 is 11.0. The fraction of sp³-hybridized carbons (Fsp3) is 0.652. The van der Waals surface area contributed by atoms with Gasteiger partial charge in [-0.3, -0.25) is 14.9 Å². The molecule has 0 aromatic heterocycles. The van der Waals surface area contributed by atoms with E-state index < -0.39 is 34.6 Å². The fourth-order valence-electron chi connectivity index (χ4n) is 3.03. The van der Waals surface area contributed by atoms with Crippen molar-refractivity contribution in [1.82, 2.24) is 5.32 Å². The smallest absolute Gasteiger partial charge is 0.310 e. The highest BCUT2D eigenvalue weighted by molar-refractivity contribution is 5.95. The number of hydrogen-bond acceptors (Lipinski definition) is 9. The lowest BCUT2D eigenvalue weighted by atomic mass is 9.83. The summed E-state index contributed by atoms with van der Waals surface area (Å²) in [4.78, 5) is 28.4. The van der Waals surface area contributed by atoms with Gasteiger partial charge in [-0.15, -0.1) is 0 Å². The number of oxime groups is 1. The highest BCUT2D eigenvalue weighted by Gasteiger charge is 2.35. The van der Waals surface area contributed by atoms with Crippen LogP contribution in [0.25, 0.3) is 0 Å². The van der Waals surface area contributed by atoms with E-state index >= 15 is 0 Å². The molecule has 0 saturated carbocycles. The first kappa shape index (κ1) is 29.3. The molecule has 1 rings (SSSR count). The van der Waals surface area contributed by atoms with Crippen LogP contribution in [-0.2, 0) is 9.57 Å². The number of carbonyl (C=O) groups excluding carboxylic acids is 1. The Labute approximate surface area is 200 Å². The maximum absolute atomic E-state index is 12.5. The minimum Gasteiger partial charge on any atom is -0.487 e. The molecule has 0 aliphatic carbocycles. The third-order valence-electron chi connectivity index (χ3n) is 4.69. The Hall–Kier alpha value is -2.76. The highest BCUT2D eigenvalue weighted by atomic mass is 16.6. The van der Waals surface area contributed by atoms with Crippen molar-refractivity contribution in [2.75, 3.05) is 26.9 Å². The third-order valence-corrected chi connectivity index (χ3v) is 4.69. The summed E-state index contributed by atoms with van der Waals surface area (Å²) in [5, 5.41) is 38.0. The van der Waals surface area contributed by atoms with Crippen molar-refractivity contribution < 1.29 is 34.2 Å². The van der Waals surface area contributed by atoms with Crippen molar-refractivity contribution in [2.24, 2.45) is 16.5 Å². The summed E-state index contributed by atoms with van der Waals surface area (Å²) in [6, 6.07) is 3.91. The largest absolute Gasteiger partial charge is 0.487 e. The lowest BCUT2D eigenvalue weighted by molar-refractivity contribution is -0.385. The van der Waals surface area contributed by atoms with Gasteiger partial charge in [0.25, 0.3) is 5.91 Å². The maximum atomic E-state index is 12.5. The van der Waals surface area contributed by atoms with Gasteiger partial charge in [-0.1, -0.05) is 39.8 Å². The first-order chi connectivity index (χ1) is 15.8. The Morgan fingerprint density at radius 3 is 2.38 bits per heavy atom. The Kier molecular flexibility index (Phi) is 11.4. The number of methoxy groups -OCH3 is 1. The second-order valence-electron chi connectivity index (χ2n) is 9.42. The normalized spacial score (nSPS) is 14.9. The van der Waals surface area contributed by atoms with Crippen LogP contribution in [0.2, 0.25) is 0 Å². The molecule has 3 N–H and O–H groups in total. The van der Waals surface area contributed by atoms with E-state index in [0.717, 1.165) is 0 Å². The van der Waals surface area contributed by atoms with Gasteiger partial charge >= 0.3 is 5.69 Å². The van der Waals surface area contributed by atoms with E-state index in [-0.39, 0.29) is 48.4 Å². The van der Waals surface area contributed by atoms with Gasteiger partial charge in [-0.2, -0.15) is 0 Å². The van der Waals surface area contributed by atoms with Gasteiger partial charge in [0.15, 0.2) is 5.75 Å². The number of nitro groups is 1. The average molecular weight is 484 g/mol. The van der Waals surface area contributed by atoms with Crippen LogP contribution in [0.5, 0.6) is 5.75 Å². The SMILES string of the molecule is CO[C@H](/C(=N/OCCNC(=O)c1ccc([N+](=O)[O-])c(OCC(C)C)c1)[C@@H](O)[C@@H](C)O)C(C)(C)C. The van der Waals surface area contributed by atoms with Gasteiger partial charge in [-0.05, 0) is 24.3 Å². The van der Waals surface area contributed by atoms with Crippen LogP contribution in [0.15, 0.2) is 23.4 Å². The summed E-state index contributed by atoms with van der Waals surface area (Å²) in [5.41, 5.74) is -0.304. The second kappa shape index (κ2) is 13.2. The van der Waals surface area contributed by atoms with Gasteiger partial charge in [0, 0.05) is 24.8 Å². The fourth-order valence-corrected chi connectivity index (χ4v) is 3.03. The predicted octanol–water partition coefficient (Wildman–Crippen LogP) is 2.53. The zero-order chi connectivity index (χ0) is 26.1. The predicted molar refractivity (Wildman–Crippen MR) is 127 cm³/mol. The Bertz CT molecular complexity index is 849. The molecule has 0 aliphatic rings. The maximum Gasteiger partial charge on any atom is 0.310 e. The minimum atomic E-state index is -1.29. The van der Waals surface area contributed by atoms with Crippen LogP contribution in [-0.4, -0.2) is 71.9 Å².